The molecule has 6 nitrogen and oxygen atoms in total. The first kappa shape index (κ1) is 16.2. The zero-order chi connectivity index (χ0) is 16.2. The van der Waals surface area contributed by atoms with Gasteiger partial charge in [-0.1, -0.05) is 42.2 Å². The van der Waals surface area contributed by atoms with E-state index in [0.29, 0.717) is 5.69 Å². The summed E-state index contributed by atoms with van der Waals surface area (Å²) in [6.07, 6.45) is 1.45. The Balaban J connectivity index is 2.21. The van der Waals surface area contributed by atoms with Crippen LogP contribution in [0.5, 0.6) is 0 Å². The molecule has 1 aromatic heterocycles. The average molecular weight is 338 g/mol. The van der Waals surface area contributed by atoms with Crippen LogP contribution in [0.25, 0.3) is 0 Å². The number of nitrogens with zero attached hydrogens (tertiary/aromatic N) is 1. The van der Waals surface area contributed by atoms with Gasteiger partial charge in [0, 0.05) is 0 Å². The molecule has 0 amide bonds. The van der Waals surface area contributed by atoms with Crippen molar-refractivity contribution in [3.8, 4) is 0 Å². The lowest BCUT2D eigenvalue weighted by Gasteiger charge is -2.04. The van der Waals surface area contributed by atoms with Gasteiger partial charge in [-0.15, -0.1) is 0 Å². The summed E-state index contributed by atoms with van der Waals surface area (Å²) in [5, 5.41) is 0.118. The van der Waals surface area contributed by atoms with E-state index in [1.54, 1.807) is 25.1 Å². The van der Waals surface area contributed by atoms with Crippen molar-refractivity contribution in [2.75, 3.05) is 11.3 Å². The number of carbonyl (C=O) groups excluding carboxylic acids is 1. The minimum Gasteiger partial charge on any atom is -0.457 e. The number of hydrogen-bond acceptors (Lipinski definition) is 6. The molecule has 0 saturated carbocycles. The number of hydrogen-bond donors (Lipinski definition) is 1. The molecular weight excluding hydrogens is 324 g/mol. The van der Waals surface area contributed by atoms with E-state index in [-0.39, 0.29) is 21.5 Å². The second kappa shape index (κ2) is 6.71. The van der Waals surface area contributed by atoms with Gasteiger partial charge in [-0.05, 0) is 19.1 Å². The predicted molar refractivity (Wildman–Crippen MR) is 84.6 cm³/mol. The second-order valence-corrected chi connectivity index (χ2v) is 6.92. The normalized spacial score (nSPS) is 11.0. The van der Waals surface area contributed by atoms with Crippen molar-refractivity contribution in [3.05, 3.63) is 53.6 Å². The van der Waals surface area contributed by atoms with Crippen molar-refractivity contribution in [3.63, 3.8) is 0 Å². The molecule has 0 unspecified atom stereocenters. The molecule has 1 heterocycles. The molecule has 2 rings (SSSR count). The van der Waals surface area contributed by atoms with Gasteiger partial charge in [0.15, 0.2) is 5.13 Å². The Labute approximate surface area is 132 Å². The smallest absolute Gasteiger partial charge is 0.350 e. The summed E-state index contributed by atoms with van der Waals surface area (Å²) in [6, 6.07) is 7.92. The average Bonchev–Trinajstić information content (AvgIpc) is 2.85. The fourth-order valence-electron chi connectivity index (χ4n) is 1.60. The molecule has 0 aliphatic carbocycles. The Bertz CT molecular complexity index is 782. The Morgan fingerprint density at radius 1 is 1.41 bits per heavy atom. The zero-order valence-electron chi connectivity index (χ0n) is 11.8. The number of nitrogens with one attached hydrogen (secondary N) is 1. The molecule has 116 valence electrons. The highest BCUT2D eigenvalue weighted by molar-refractivity contribution is 7.93. The number of carbonyl (C=O) groups is 1. The first-order valence-electron chi connectivity index (χ1n) is 6.27. The van der Waals surface area contributed by atoms with Crippen LogP contribution in [0.1, 0.15) is 15.4 Å². The molecule has 0 spiro atoms. The van der Waals surface area contributed by atoms with Crippen molar-refractivity contribution < 1.29 is 17.9 Å². The number of anilines is 1. The van der Waals surface area contributed by atoms with Gasteiger partial charge in [0.25, 0.3) is 10.0 Å². The molecule has 1 N–H and O–H groups in total. The number of benzene rings is 1. The Morgan fingerprint density at radius 2 is 2.09 bits per heavy atom. The van der Waals surface area contributed by atoms with Crippen LogP contribution in [-0.2, 0) is 14.8 Å². The van der Waals surface area contributed by atoms with Crippen LogP contribution in [0.4, 0.5) is 5.13 Å². The maximum atomic E-state index is 12.2. The monoisotopic (exact) mass is 338 g/mol. The SMILES string of the molecule is C=CCOC(=O)c1sc(NS(=O)(=O)c2ccccc2)nc1C. The van der Waals surface area contributed by atoms with Crippen molar-refractivity contribution in [2.24, 2.45) is 0 Å². The number of thiazole rings is 1. The third-order valence-electron chi connectivity index (χ3n) is 2.59. The minimum atomic E-state index is -3.73. The number of rotatable bonds is 6. The lowest BCUT2D eigenvalue weighted by Crippen LogP contribution is -2.12. The van der Waals surface area contributed by atoms with Crippen LogP contribution < -0.4 is 4.72 Å². The summed E-state index contributed by atoms with van der Waals surface area (Å²) in [5.74, 6) is -0.556. The van der Waals surface area contributed by atoms with Crippen LogP contribution >= 0.6 is 11.3 Å². The molecule has 22 heavy (non-hydrogen) atoms. The van der Waals surface area contributed by atoms with Gasteiger partial charge in [-0.3, -0.25) is 4.72 Å². The van der Waals surface area contributed by atoms with Gasteiger partial charge >= 0.3 is 5.97 Å². The molecule has 0 fully saturated rings. The lowest BCUT2D eigenvalue weighted by molar-refractivity contribution is 0.0554. The Kier molecular flexibility index (Phi) is 4.94. The molecule has 0 atom stereocenters. The highest BCUT2D eigenvalue weighted by Gasteiger charge is 2.20. The van der Waals surface area contributed by atoms with Crippen molar-refractivity contribution in [2.45, 2.75) is 11.8 Å². The van der Waals surface area contributed by atoms with E-state index in [1.165, 1.54) is 18.2 Å². The predicted octanol–water partition coefficient (Wildman–Crippen LogP) is 2.60. The van der Waals surface area contributed by atoms with Crippen LogP contribution in [0.15, 0.2) is 47.9 Å². The van der Waals surface area contributed by atoms with Crippen LogP contribution in [-0.4, -0.2) is 26.0 Å². The highest BCUT2D eigenvalue weighted by Crippen LogP contribution is 2.25. The summed E-state index contributed by atoms with van der Waals surface area (Å²) >= 11 is 0.929. The summed E-state index contributed by atoms with van der Waals surface area (Å²) in [4.78, 5) is 16.2. The standard InChI is InChI=1S/C14H14N2O4S2/c1-3-9-20-13(17)12-10(2)15-14(21-12)16-22(18,19)11-7-5-4-6-8-11/h3-8H,1,9H2,2H3,(H,15,16). The summed E-state index contributed by atoms with van der Waals surface area (Å²) in [6.45, 7) is 5.15. The maximum Gasteiger partial charge on any atom is 0.350 e. The molecule has 0 radical (unpaired) electrons. The third-order valence-corrected chi connectivity index (χ3v) is 5.13. The quantitative estimate of drug-likeness (QED) is 0.646. The molecular formula is C14H14N2O4S2. The highest BCUT2D eigenvalue weighted by atomic mass is 32.2. The maximum absolute atomic E-state index is 12.2. The topological polar surface area (TPSA) is 85.4 Å². The van der Waals surface area contributed by atoms with E-state index in [2.05, 4.69) is 16.3 Å². The first-order chi connectivity index (χ1) is 10.4. The molecule has 8 heteroatoms. The Morgan fingerprint density at radius 3 is 2.73 bits per heavy atom. The zero-order valence-corrected chi connectivity index (χ0v) is 13.4. The van der Waals surface area contributed by atoms with Gasteiger partial charge in [0.05, 0.1) is 10.6 Å². The van der Waals surface area contributed by atoms with E-state index < -0.39 is 16.0 Å². The van der Waals surface area contributed by atoms with E-state index in [0.717, 1.165) is 11.3 Å². The second-order valence-electron chi connectivity index (χ2n) is 4.24. The van der Waals surface area contributed by atoms with Crippen LogP contribution in [0.2, 0.25) is 0 Å². The van der Waals surface area contributed by atoms with Gasteiger partial charge in [-0.25, -0.2) is 18.2 Å². The van der Waals surface area contributed by atoms with Crippen LogP contribution in [0, 0.1) is 6.92 Å². The van der Waals surface area contributed by atoms with Gasteiger partial charge in [0.1, 0.15) is 11.5 Å². The summed E-state index contributed by atoms with van der Waals surface area (Å²) < 4.78 is 31.7. The molecule has 0 aliphatic heterocycles. The van der Waals surface area contributed by atoms with E-state index in [1.807, 2.05) is 0 Å². The Hall–Kier alpha value is -2.19. The molecule has 0 saturated heterocycles. The third kappa shape index (κ3) is 3.71. The number of sulfonamides is 1. The lowest BCUT2D eigenvalue weighted by atomic mass is 10.4. The number of ether oxygens (including phenoxy) is 1. The summed E-state index contributed by atoms with van der Waals surface area (Å²) in [7, 11) is -3.73. The van der Waals surface area contributed by atoms with Gasteiger partial charge in [0.2, 0.25) is 0 Å². The first-order valence-corrected chi connectivity index (χ1v) is 8.57. The van der Waals surface area contributed by atoms with Gasteiger partial charge < -0.3 is 4.74 Å². The van der Waals surface area contributed by atoms with E-state index >= 15 is 0 Å². The number of aryl methyl sites for hydroxylation is 1. The summed E-state index contributed by atoms with van der Waals surface area (Å²) in [5.41, 5.74) is 0.407. The molecule has 0 bridgehead atoms. The van der Waals surface area contributed by atoms with E-state index in [4.69, 9.17) is 4.74 Å². The van der Waals surface area contributed by atoms with Gasteiger partial charge in [-0.2, -0.15) is 0 Å². The van der Waals surface area contributed by atoms with E-state index in [9.17, 15) is 13.2 Å². The molecule has 0 aliphatic rings. The molecule has 2 aromatic rings. The fourth-order valence-corrected chi connectivity index (χ4v) is 3.72. The number of aromatic nitrogens is 1. The fraction of sp³-hybridized carbons (Fsp3) is 0.143. The molecule has 1 aromatic carbocycles. The van der Waals surface area contributed by atoms with Crippen molar-refractivity contribution >= 4 is 32.5 Å². The van der Waals surface area contributed by atoms with Crippen molar-refractivity contribution in [1.29, 1.82) is 0 Å². The van der Waals surface area contributed by atoms with Crippen LogP contribution in [0.3, 0.4) is 0 Å². The largest absolute Gasteiger partial charge is 0.457 e. The van der Waals surface area contributed by atoms with Crippen molar-refractivity contribution in [1.82, 2.24) is 4.98 Å². The minimum absolute atomic E-state index is 0.0846. The number of esters is 1.